The van der Waals surface area contributed by atoms with Crippen molar-refractivity contribution in [3.05, 3.63) is 278 Å². The van der Waals surface area contributed by atoms with Crippen molar-refractivity contribution in [2.24, 2.45) is 0 Å². The molecule has 74 heavy (non-hydrogen) atoms. The lowest BCUT2D eigenvalue weighted by molar-refractivity contribution is 0.107. The summed E-state index contributed by atoms with van der Waals surface area (Å²) in [5.74, 6) is 0. The maximum Gasteiger partial charge on any atom is 0.0721 e. The molecule has 0 unspecified atom stereocenters. The molecule has 0 aliphatic heterocycles. The topological polar surface area (TPSA) is 24.9 Å². The van der Waals surface area contributed by atoms with E-state index >= 15 is 0 Å². The molecule has 0 radical (unpaired) electrons. The third kappa shape index (κ3) is 16.1. The van der Waals surface area contributed by atoms with E-state index < -0.39 is 0 Å². The first-order valence-electron chi connectivity index (χ1n) is 26.2. The van der Waals surface area contributed by atoms with Gasteiger partial charge in [0.2, 0.25) is 0 Å². The predicted octanol–water partition coefficient (Wildman–Crippen LogP) is 19.4. The predicted molar refractivity (Wildman–Crippen MR) is 321 cm³/mol. The average Bonchev–Trinajstić information content (AvgIpc) is 3.46. The van der Waals surface area contributed by atoms with Gasteiger partial charge in [0.05, 0.1) is 13.2 Å². The Morgan fingerprint density at radius 3 is 0.878 bits per heavy atom. The number of anilines is 6. The van der Waals surface area contributed by atoms with E-state index in [2.05, 4.69) is 257 Å². The molecular weight excluding hydrogens is 901 g/mol. The number of nitrogens with zero attached hydrogens (tertiary/aromatic N) is 2. The van der Waals surface area contributed by atoms with Gasteiger partial charge in [-0.1, -0.05) is 173 Å². The van der Waals surface area contributed by atoms with Crippen LogP contribution in [0.15, 0.2) is 234 Å². The van der Waals surface area contributed by atoms with Crippen LogP contribution in [0.3, 0.4) is 0 Å². The molecule has 378 valence electrons. The zero-order valence-electron chi connectivity index (χ0n) is 44.1. The molecule has 0 aliphatic carbocycles. The number of benzene rings is 8. The first-order chi connectivity index (χ1) is 36.5. The lowest BCUT2D eigenvalue weighted by atomic mass is 10.0. The molecule has 0 heterocycles. The minimum absolute atomic E-state index is 0.545. The fraction of sp³-hybridized carbons (Fsp3) is 0.200. The van der Waals surface area contributed by atoms with Gasteiger partial charge in [0.1, 0.15) is 0 Å². The number of hydrogen-bond donors (Lipinski definition) is 0. The van der Waals surface area contributed by atoms with E-state index in [1.165, 1.54) is 33.4 Å². The first-order valence-corrected chi connectivity index (χ1v) is 26.2. The summed E-state index contributed by atoms with van der Waals surface area (Å²) in [4.78, 5) is 4.70. The van der Waals surface area contributed by atoms with Gasteiger partial charge in [-0.3, -0.25) is 0 Å². The van der Waals surface area contributed by atoms with Crippen LogP contribution in [0.1, 0.15) is 84.0 Å². The molecule has 0 atom stereocenters. The minimum atomic E-state index is 0.545. The summed E-state index contributed by atoms with van der Waals surface area (Å²) in [6.45, 7) is 26.8. The Hall–Kier alpha value is -7.76. The van der Waals surface area contributed by atoms with Gasteiger partial charge in [-0.25, -0.2) is 0 Å². The summed E-state index contributed by atoms with van der Waals surface area (Å²) in [6.07, 6.45) is 12.2. The van der Waals surface area contributed by atoms with E-state index in [0.717, 1.165) is 121 Å². The summed E-state index contributed by atoms with van der Waals surface area (Å²) in [5.41, 5.74) is 19.0. The smallest absolute Gasteiger partial charge is 0.0721 e. The van der Waals surface area contributed by atoms with Crippen LogP contribution in [-0.2, 0) is 48.4 Å². The number of ether oxygens (including phenoxy) is 2. The van der Waals surface area contributed by atoms with Crippen molar-refractivity contribution < 1.29 is 9.47 Å². The van der Waals surface area contributed by atoms with Crippen molar-refractivity contribution in [2.45, 2.75) is 78.4 Å². The normalized spacial score (nSPS) is 10.6. The quantitative estimate of drug-likeness (QED) is 0.0421. The zero-order chi connectivity index (χ0) is 52.3. The van der Waals surface area contributed by atoms with Gasteiger partial charge in [-0.15, -0.1) is 26.3 Å². The van der Waals surface area contributed by atoms with Gasteiger partial charge < -0.3 is 19.3 Å². The van der Waals surface area contributed by atoms with E-state index in [4.69, 9.17) is 9.47 Å². The molecule has 0 aliphatic rings. The highest BCUT2D eigenvalue weighted by atomic mass is 16.5. The molecule has 8 aromatic carbocycles. The van der Waals surface area contributed by atoms with Crippen molar-refractivity contribution >= 4 is 46.3 Å². The molecule has 0 aromatic heterocycles. The van der Waals surface area contributed by atoms with Crippen molar-refractivity contribution in [3.63, 3.8) is 0 Å². The second kappa shape index (κ2) is 30.3. The van der Waals surface area contributed by atoms with Crippen LogP contribution in [0.25, 0.3) is 23.3 Å². The van der Waals surface area contributed by atoms with Gasteiger partial charge in [-0.2, -0.15) is 0 Å². The Kier molecular flexibility index (Phi) is 22.8. The van der Waals surface area contributed by atoms with Gasteiger partial charge >= 0.3 is 0 Å². The molecule has 4 nitrogen and oxygen atoms in total. The highest BCUT2D eigenvalue weighted by molar-refractivity contribution is 5.81. The van der Waals surface area contributed by atoms with Crippen molar-refractivity contribution in [3.8, 4) is 11.1 Å². The SMILES string of the molecule is C=C.C=C.C=Cc1ccc(CCCOCCCc2ccc(N(c3ccc(CCC)cc3)c3ccc(-c4ccc(N(c5ccc(CCC)cc5)c5ccc(COCc6ccc(C=C)cc6)cc5)cc4)cc3)cc2)cc1. The maximum absolute atomic E-state index is 6.11. The first kappa shape index (κ1) is 55.6. The van der Waals surface area contributed by atoms with Crippen LogP contribution in [-0.4, -0.2) is 13.2 Å². The lowest BCUT2D eigenvalue weighted by Crippen LogP contribution is -2.10. The van der Waals surface area contributed by atoms with Gasteiger partial charge in [0.25, 0.3) is 0 Å². The number of hydrogen-bond acceptors (Lipinski definition) is 4. The lowest BCUT2D eigenvalue weighted by Gasteiger charge is -2.27. The fourth-order valence-electron chi connectivity index (χ4n) is 8.97. The summed E-state index contributed by atoms with van der Waals surface area (Å²) in [6, 6.07) is 70.8. The van der Waals surface area contributed by atoms with E-state index in [9.17, 15) is 0 Å². The Morgan fingerprint density at radius 1 is 0.324 bits per heavy atom. The largest absolute Gasteiger partial charge is 0.381 e. The minimum Gasteiger partial charge on any atom is -0.381 e. The molecule has 0 fully saturated rings. The Labute approximate surface area is 444 Å². The maximum atomic E-state index is 6.11. The molecule has 4 heteroatoms. The second-order valence-corrected chi connectivity index (χ2v) is 18.1. The van der Waals surface area contributed by atoms with Crippen molar-refractivity contribution in [1.82, 2.24) is 0 Å². The van der Waals surface area contributed by atoms with Gasteiger partial charge in [0.15, 0.2) is 0 Å². The Bertz CT molecular complexity index is 2850. The van der Waals surface area contributed by atoms with Crippen molar-refractivity contribution in [1.29, 1.82) is 0 Å². The molecule has 0 bridgehead atoms. The van der Waals surface area contributed by atoms with Crippen LogP contribution in [0.5, 0.6) is 0 Å². The average molecular weight is 977 g/mol. The Balaban J connectivity index is 0.00000218. The molecule has 0 saturated heterocycles. The summed E-state index contributed by atoms with van der Waals surface area (Å²) >= 11 is 0. The van der Waals surface area contributed by atoms with E-state index in [-0.39, 0.29) is 0 Å². The Morgan fingerprint density at radius 2 is 0.581 bits per heavy atom. The summed E-state index contributed by atoms with van der Waals surface area (Å²) in [7, 11) is 0. The standard InChI is InChI=1S/C66H68N2O2.2C2H4/c1-5-11-53-23-35-61(36-24-53)67(63-39-27-56(28-40-63)14-10-48-69-47-9-13-55-19-15-51(7-3)16-20-55)65-43-31-59(32-44-65)60-33-45-66(46-34-60)68(62-37-25-54(12-6-2)26-38-62)64-41-29-58(30-42-64)50-70-49-57-21-17-52(8-4)18-22-57;2*1-2/h7-8,15-46H,3-6,9-14,47-50H2,1-2H3;2*1-2H2. The summed E-state index contributed by atoms with van der Waals surface area (Å²) < 4.78 is 12.1. The molecule has 0 saturated carbocycles. The molecule has 0 amide bonds. The number of rotatable bonds is 25. The van der Waals surface area contributed by atoms with Crippen LogP contribution < -0.4 is 9.80 Å². The van der Waals surface area contributed by atoms with Crippen molar-refractivity contribution in [2.75, 3.05) is 23.0 Å². The number of aryl methyl sites for hydroxylation is 4. The van der Waals surface area contributed by atoms with Gasteiger partial charge in [0, 0.05) is 47.3 Å². The molecule has 0 N–H and O–H groups in total. The second-order valence-electron chi connectivity index (χ2n) is 18.1. The molecule has 8 rings (SSSR count). The van der Waals surface area contributed by atoms with Gasteiger partial charge in [-0.05, 0) is 167 Å². The molecule has 0 spiro atoms. The third-order valence-electron chi connectivity index (χ3n) is 12.9. The molecule has 8 aromatic rings. The highest BCUT2D eigenvalue weighted by Gasteiger charge is 2.16. The molecular formula is C70H76N2O2. The van der Waals surface area contributed by atoms with Crippen LogP contribution in [0, 0.1) is 0 Å². The van der Waals surface area contributed by atoms with E-state index in [1.807, 2.05) is 12.2 Å². The van der Waals surface area contributed by atoms with E-state index in [1.54, 1.807) is 0 Å². The van der Waals surface area contributed by atoms with Crippen LogP contribution in [0.2, 0.25) is 0 Å². The summed E-state index contributed by atoms with van der Waals surface area (Å²) in [5, 5.41) is 0. The fourth-order valence-corrected chi connectivity index (χ4v) is 8.97. The van der Waals surface area contributed by atoms with Crippen LogP contribution >= 0.6 is 0 Å². The zero-order valence-corrected chi connectivity index (χ0v) is 44.1. The van der Waals surface area contributed by atoms with E-state index in [0.29, 0.717) is 13.2 Å². The monoisotopic (exact) mass is 977 g/mol. The van der Waals surface area contributed by atoms with Crippen LogP contribution in [0.4, 0.5) is 34.1 Å². The third-order valence-corrected chi connectivity index (χ3v) is 12.9. The highest BCUT2D eigenvalue weighted by Crippen LogP contribution is 2.39.